The van der Waals surface area contributed by atoms with Crippen LogP contribution >= 0.6 is 11.3 Å². The lowest BCUT2D eigenvalue weighted by molar-refractivity contribution is 0.0598. The lowest BCUT2D eigenvalue weighted by Crippen LogP contribution is -2.43. The Bertz CT molecular complexity index is 637. The van der Waals surface area contributed by atoms with E-state index in [2.05, 4.69) is 39.8 Å². The molecule has 0 saturated carbocycles. The van der Waals surface area contributed by atoms with Gasteiger partial charge in [0, 0.05) is 26.3 Å². The molecule has 1 atom stereocenters. The molecule has 1 aromatic heterocycles. The topological polar surface area (TPSA) is 64.6 Å². The predicted octanol–water partition coefficient (Wildman–Crippen LogP) is 2.56. The molecule has 2 amide bonds. The van der Waals surface area contributed by atoms with Crippen LogP contribution in [0, 0.1) is 0 Å². The zero-order chi connectivity index (χ0) is 17.6. The highest BCUT2D eigenvalue weighted by atomic mass is 32.1. The van der Waals surface area contributed by atoms with Crippen molar-refractivity contribution < 1.29 is 9.90 Å². The molecule has 1 aromatic carbocycles. The maximum atomic E-state index is 11.9. The van der Waals surface area contributed by atoms with Crippen molar-refractivity contribution in [2.45, 2.75) is 18.9 Å². The van der Waals surface area contributed by atoms with Gasteiger partial charge in [-0.2, -0.15) is 11.3 Å². The Balaban J connectivity index is 1.71. The van der Waals surface area contributed by atoms with Crippen molar-refractivity contribution in [3.63, 3.8) is 0 Å². The fourth-order valence-corrected chi connectivity index (χ4v) is 3.05. The van der Waals surface area contributed by atoms with E-state index in [4.69, 9.17) is 0 Å². The molecular formula is C18H25N3O2S. The van der Waals surface area contributed by atoms with Crippen LogP contribution in [0.2, 0.25) is 0 Å². The SMILES string of the molecule is CN(C)c1ccc(CCNC(=O)NC[C@@](C)(O)c2ccsc2)cc1. The van der Waals surface area contributed by atoms with Gasteiger partial charge in [-0.05, 0) is 53.4 Å². The molecule has 0 unspecified atom stereocenters. The van der Waals surface area contributed by atoms with Crippen molar-refractivity contribution in [3.05, 3.63) is 52.2 Å². The molecule has 0 radical (unpaired) electrons. The first-order valence-electron chi connectivity index (χ1n) is 7.91. The quantitative estimate of drug-likeness (QED) is 0.721. The highest BCUT2D eigenvalue weighted by Crippen LogP contribution is 2.21. The van der Waals surface area contributed by atoms with E-state index >= 15 is 0 Å². The molecule has 130 valence electrons. The first-order chi connectivity index (χ1) is 11.4. The summed E-state index contributed by atoms with van der Waals surface area (Å²) in [5, 5.41) is 19.7. The largest absolute Gasteiger partial charge is 0.384 e. The lowest BCUT2D eigenvalue weighted by Gasteiger charge is -2.22. The molecule has 0 spiro atoms. The summed E-state index contributed by atoms with van der Waals surface area (Å²) >= 11 is 1.52. The molecule has 3 N–H and O–H groups in total. The van der Waals surface area contributed by atoms with Gasteiger partial charge in [0.25, 0.3) is 0 Å². The van der Waals surface area contributed by atoms with Gasteiger partial charge in [-0.3, -0.25) is 0 Å². The van der Waals surface area contributed by atoms with E-state index in [-0.39, 0.29) is 12.6 Å². The average molecular weight is 347 g/mol. The van der Waals surface area contributed by atoms with Crippen LogP contribution in [0.4, 0.5) is 10.5 Å². The smallest absolute Gasteiger partial charge is 0.314 e. The second-order valence-corrected chi connectivity index (χ2v) is 6.99. The molecule has 24 heavy (non-hydrogen) atoms. The van der Waals surface area contributed by atoms with Gasteiger partial charge >= 0.3 is 6.03 Å². The van der Waals surface area contributed by atoms with Crippen LogP contribution < -0.4 is 15.5 Å². The van der Waals surface area contributed by atoms with Gasteiger partial charge < -0.3 is 20.6 Å². The van der Waals surface area contributed by atoms with Gasteiger partial charge in [0.2, 0.25) is 0 Å². The van der Waals surface area contributed by atoms with Gasteiger partial charge in [0.05, 0.1) is 6.54 Å². The molecular weight excluding hydrogens is 322 g/mol. The maximum Gasteiger partial charge on any atom is 0.314 e. The Morgan fingerprint density at radius 1 is 1.21 bits per heavy atom. The van der Waals surface area contributed by atoms with Gasteiger partial charge in [-0.1, -0.05) is 12.1 Å². The van der Waals surface area contributed by atoms with E-state index in [0.29, 0.717) is 6.54 Å². The van der Waals surface area contributed by atoms with Gasteiger partial charge in [-0.25, -0.2) is 4.79 Å². The maximum absolute atomic E-state index is 11.9. The summed E-state index contributed by atoms with van der Waals surface area (Å²) in [7, 11) is 4.01. The van der Waals surface area contributed by atoms with Crippen LogP contribution in [0.25, 0.3) is 0 Å². The molecule has 2 rings (SSSR count). The number of nitrogens with zero attached hydrogens (tertiary/aromatic N) is 1. The molecule has 1 heterocycles. The number of carbonyl (C=O) groups excluding carboxylic acids is 1. The van der Waals surface area contributed by atoms with Crippen molar-refractivity contribution in [1.29, 1.82) is 0 Å². The summed E-state index contributed by atoms with van der Waals surface area (Å²) in [5.74, 6) is 0. The van der Waals surface area contributed by atoms with Gasteiger partial charge in [-0.15, -0.1) is 0 Å². The predicted molar refractivity (Wildman–Crippen MR) is 99.8 cm³/mol. The van der Waals surface area contributed by atoms with Crippen LogP contribution in [0.5, 0.6) is 0 Å². The van der Waals surface area contributed by atoms with E-state index in [1.54, 1.807) is 6.92 Å². The summed E-state index contributed by atoms with van der Waals surface area (Å²) in [6.45, 7) is 2.42. The molecule has 0 fully saturated rings. The van der Waals surface area contributed by atoms with Crippen LogP contribution in [-0.4, -0.2) is 38.3 Å². The van der Waals surface area contributed by atoms with Crippen LogP contribution in [0.15, 0.2) is 41.1 Å². The minimum absolute atomic E-state index is 0.174. The van der Waals surface area contributed by atoms with Crippen LogP contribution in [-0.2, 0) is 12.0 Å². The molecule has 6 heteroatoms. The third kappa shape index (κ3) is 5.25. The molecule has 0 saturated heterocycles. The number of nitrogens with one attached hydrogen (secondary N) is 2. The Morgan fingerprint density at radius 3 is 2.50 bits per heavy atom. The lowest BCUT2D eigenvalue weighted by atomic mass is 9.99. The van der Waals surface area contributed by atoms with Crippen molar-refractivity contribution in [2.75, 3.05) is 32.1 Å². The third-order valence-electron chi connectivity index (χ3n) is 3.89. The highest BCUT2D eigenvalue weighted by Gasteiger charge is 2.23. The van der Waals surface area contributed by atoms with Crippen molar-refractivity contribution >= 4 is 23.1 Å². The molecule has 5 nitrogen and oxygen atoms in total. The Kier molecular flexibility index (Phi) is 6.23. The second kappa shape index (κ2) is 8.17. The van der Waals surface area contributed by atoms with E-state index in [9.17, 15) is 9.90 Å². The van der Waals surface area contributed by atoms with Gasteiger partial charge in [0.1, 0.15) is 5.60 Å². The molecule has 0 aliphatic rings. The van der Waals surface area contributed by atoms with Crippen LogP contribution in [0.3, 0.4) is 0 Å². The Hall–Kier alpha value is -2.05. The summed E-state index contributed by atoms with van der Waals surface area (Å²) in [5.41, 5.74) is 2.08. The highest BCUT2D eigenvalue weighted by molar-refractivity contribution is 7.08. The molecule has 2 aromatic rings. The number of rotatable bonds is 7. The van der Waals surface area contributed by atoms with Gasteiger partial charge in [0.15, 0.2) is 0 Å². The fourth-order valence-electron chi connectivity index (χ4n) is 2.27. The summed E-state index contributed by atoms with van der Waals surface area (Å²) in [4.78, 5) is 13.9. The standard InChI is InChI=1S/C18H25N3O2S/c1-18(23,15-9-11-24-12-15)13-20-17(22)19-10-8-14-4-6-16(7-5-14)21(2)3/h4-7,9,11-12,23H,8,10,13H2,1-3H3,(H2,19,20,22)/t18-/m1/s1. The van der Waals surface area contributed by atoms with Crippen molar-refractivity contribution in [1.82, 2.24) is 10.6 Å². The summed E-state index contributed by atoms with van der Waals surface area (Å²) in [6, 6.07) is 9.85. The van der Waals surface area contributed by atoms with E-state index < -0.39 is 5.60 Å². The number of hydrogen-bond acceptors (Lipinski definition) is 4. The first kappa shape index (κ1) is 18.3. The first-order valence-corrected chi connectivity index (χ1v) is 8.86. The number of benzene rings is 1. The number of anilines is 1. The normalized spacial score (nSPS) is 13.2. The number of hydrogen-bond donors (Lipinski definition) is 3. The molecule has 0 aliphatic carbocycles. The van der Waals surface area contributed by atoms with E-state index in [0.717, 1.165) is 17.7 Å². The minimum atomic E-state index is -1.06. The monoisotopic (exact) mass is 347 g/mol. The second-order valence-electron chi connectivity index (χ2n) is 6.21. The van der Waals surface area contributed by atoms with E-state index in [1.807, 2.05) is 30.9 Å². The summed E-state index contributed by atoms with van der Waals surface area (Å²) in [6.07, 6.45) is 0.766. The Morgan fingerprint density at radius 2 is 1.92 bits per heavy atom. The minimum Gasteiger partial charge on any atom is -0.384 e. The number of carbonyl (C=O) groups is 1. The number of amides is 2. The van der Waals surface area contributed by atoms with E-state index in [1.165, 1.54) is 16.9 Å². The summed E-state index contributed by atoms with van der Waals surface area (Å²) < 4.78 is 0. The zero-order valence-electron chi connectivity index (χ0n) is 14.4. The average Bonchev–Trinajstić information content (AvgIpc) is 3.09. The van der Waals surface area contributed by atoms with Crippen molar-refractivity contribution in [2.24, 2.45) is 0 Å². The molecule has 0 bridgehead atoms. The Labute approximate surface area is 147 Å². The molecule has 0 aliphatic heterocycles. The number of thiophene rings is 1. The fraction of sp³-hybridized carbons (Fsp3) is 0.389. The third-order valence-corrected chi connectivity index (χ3v) is 4.57. The van der Waals surface area contributed by atoms with Crippen LogP contribution in [0.1, 0.15) is 18.1 Å². The zero-order valence-corrected chi connectivity index (χ0v) is 15.2. The van der Waals surface area contributed by atoms with Crippen molar-refractivity contribution in [3.8, 4) is 0 Å². The number of aliphatic hydroxyl groups is 1. The number of urea groups is 1.